The molecule has 6 nitrogen and oxygen atoms in total. The van der Waals surface area contributed by atoms with Gasteiger partial charge in [0.1, 0.15) is 0 Å². The lowest BCUT2D eigenvalue weighted by Gasteiger charge is -2.20. The van der Waals surface area contributed by atoms with E-state index in [4.69, 9.17) is 14.7 Å². The zero-order valence-electron chi connectivity index (χ0n) is 13.8. The molecule has 130 valence electrons. The summed E-state index contributed by atoms with van der Waals surface area (Å²) in [4.78, 5) is 12.3. The summed E-state index contributed by atoms with van der Waals surface area (Å²) in [5.41, 5.74) is 1.62. The monoisotopic (exact) mass is 343 g/mol. The van der Waals surface area contributed by atoms with Crippen LogP contribution in [0.5, 0.6) is 11.5 Å². The number of unbranched alkanes of at least 4 members (excludes halogenated alkanes) is 3. The van der Waals surface area contributed by atoms with Gasteiger partial charge >= 0.3 is 0 Å². The molecule has 0 aromatic heterocycles. The molecule has 0 aliphatic heterocycles. The largest absolute Gasteiger partial charge is 0.611 e. The molecule has 0 bridgehead atoms. The minimum atomic E-state index is -1.59. The number of ether oxygens (including phenoxy) is 2. The van der Waals surface area contributed by atoms with Crippen molar-refractivity contribution in [1.29, 1.82) is 0 Å². The minimum Gasteiger partial charge on any atom is -0.611 e. The highest BCUT2D eigenvalue weighted by atomic mass is 32.2. The van der Waals surface area contributed by atoms with Gasteiger partial charge in [-0.1, -0.05) is 26.2 Å². The van der Waals surface area contributed by atoms with Crippen LogP contribution in [-0.2, 0) is 16.0 Å². The van der Waals surface area contributed by atoms with Crippen molar-refractivity contribution in [1.82, 2.24) is 5.48 Å². The predicted octanol–water partition coefficient (Wildman–Crippen LogP) is 2.66. The molecular weight excluding hydrogens is 318 g/mol. The van der Waals surface area contributed by atoms with E-state index in [-0.39, 0.29) is 0 Å². The van der Waals surface area contributed by atoms with Crippen LogP contribution >= 0.6 is 0 Å². The number of carbonyl (C=O) groups is 1. The first-order valence-corrected chi connectivity index (χ1v) is 8.86. The van der Waals surface area contributed by atoms with Crippen LogP contribution in [0.2, 0.25) is 0 Å². The first-order valence-electron chi connectivity index (χ1n) is 7.65. The minimum absolute atomic E-state index is 0.451. The molecule has 0 saturated carbocycles. The predicted molar refractivity (Wildman–Crippen MR) is 88.4 cm³/mol. The highest BCUT2D eigenvalue weighted by molar-refractivity contribution is 7.92. The molecule has 0 saturated heterocycles. The summed E-state index contributed by atoms with van der Waals surface area (Å²) in [6.45, 7) is 2.10. The molecule has 1 aromatic carbocycles. The van der Waals surface area contributed by atoms with Gasteiger partial charge in [-0.15, -0.1) is 0 Å². The normalized spacial score (nSPS) is 13.3. The summed E-state index contributed by atoms with van der Waals surface area (Å²) in [6.07, 6.45) is 4.35. The van der Waals surface area contributed by atoms with E-state index in [0.29, 0.717) is 22.8 Å². The molecule has 0 aliphatic rings. The van der Waals surface area contributed by atoms with Crippen molar-refractivity contribution < 1.29 is 24.0 Å². The standard InChI is InChI=1S/C16H25NO5S/c1-4-5-6-7-8-15(16(18)17-19)23(20)12-9-10-13(21-2)14(11-12)22-3/h9-11,15,19H,4-8H2,1-3H3,(H,17,18). The van der Waals surface area contributed by atoms with Crippen LogP contribution in [0.3, 0.4) is 0 Å². The summed E-state index contributed by atoms with van der Waals surface area (Å²) < 4.78 is 23.1. The third-order valence-corrected chi connectivity index (χ3v) is 5.25. The molecule has 0 aliphatic carbocycles. The van der Waals surface area contributed by atoms with Gasteiger partial charge in [0.15, 0.2) is 16.4 Å². The van der Waals surface area contributed by atoms with Gasteiger partial charge in [0, 0.05) is 12.5 Å². The fourth-order valence-corrected chi connectivity index (χ4v) is 3.65. The Hall–Kier alpha value is -1.44. The summed E-state index contributed by atoms with van der Waals surface area (Å²) in [5.74, 6) is 0.349. The molecule has 0 spiro atoms. The number of hydrogen-bond donors (Lipinski definition) is 2. The molecule has 0 radical (unpaired) electrons. The average Bonchev–Trinajstić information content (AvgIpc) is 2.60. The van der Waals surface area contributed by atoms with E-state index in [9.17, 15) is 9.35 Å². The van der Waals surface area contributed by atoms with E-state index in [1.807, 2.05) is 0 Å². The van der Waals surface area contributed by atoms with Crippen LogP contribution in [0.4, 0.5) is 0 Å². The van der Waals surface area contributed by atoms with Crippen molar-refractivity contribution in [2.24, 2.45) is 0 Å². The van der Waals surface area contributed by atoms with Crippen LogP contribution in [0, 0.1) is 0 Å². The van der Waals surface area contributed by atoms with Gasteiger partial charge in [-0.25, -0.2) is 5.48 Å². The van der Waals surface area contributed by atoms with Crippen molar-refractivity contribution in [2.75, 3.05) is 14.2 Å². The van der Waals surface area contributed by atoms with Gasteiger partial charge in [0.2, 0.25) is 5.25 Å². The van der Waals surface area contributed by atoms with Crippen LogP contribution < -0.4 is 15.0 Å². The van der Waals surface area contributed by atoms with Gasteiger partial charge in [-0.05, 0) is 29.7 Å². The molecule has 1 amide bonds. The lowest BCUT2D eigenvalue weighted by Crippen LogP contribution is -2.38. The summed E-state index contributed by atoms with van der Waals surface area (Å²) in [6, 6.07) is 4.89. The first kappa shape index (κ1) is 19.6. The third kappa shape index (κ3) is 5.60. The maximum Gasteiger partial charge on any atom is 0.296 e. The SMILES string of the molecule is CCCCCCC(C(=O)NO)[S+]([O-])c1ccc(OC)c(OC)c1. The van der Waals surface area contributed by atoms with Crippen LogP contribution in [0.15, 0.2) is 23.1 Å². The molecule has 7 heteroatoms. The van der Waals surface area contributed by atoms with Crippen molar-refractivity contribution in [3.63, 3.8) is 0 Å². The molecular formula is C16H25NO5S. The van der Waals surface area contributed by atoms with Crippen molar-refractivity contribution in [3.05, 3.63) is 18.2 Å². The number of rotatable bonds is 10. The van der Waals surface area contributed by atoms with Gasteiger partial charge in [0.25, 0.3) is 5.91 Å². The second kappa shape index (κ2) is 10.4. The smallest absolute Gasteiger partial charge is 0.296 e. The van der Waals surface area contributed by atoms with E-state index in [2.05, 4.69) is 6.92 Å². The second-order valence-electron chi connectivity index (χ2n) is 5.13. The maximum absolute atomic E-state index is 12.7. The van der Waals surface area contributed by atoms with Crippen LogP contribution in [-0.4, -0.2) is 35.1 Å². The Balaban J connectivity index is 2.90. The fourth-order valence-electron chi connectivity index (χ4n) is 2.27. The topological polar surface area (TPSA) is 90.9 Å². The molecule has 2 atom stereocenters. The van der Waals surface area contributed by atoms with E-state index in [1.54, 1.807) is 23.7 Å². The summed E-state index contributed by atoms with van der Waals surface area (Å²) in [7, 11) is 3.01. The Labute approximate surface area is 140 Å². The van der Waals surface area contributed by atoms with Crippen molar-refractivity contribution in [2.45, 2.75) is 49.2 Å². The number of hydroxylamine groups is 1. The zero-order chi connectivity index (χ0) is 17.2. The van der Waals surface area contributed by atoms with Crippen molar-refractivity contribution in [3.8, 4) is 11.5 Å². The highest BCUT2D eigenvalue weighted by Crippen LogP contribution is 2.31. The second-order valence-corrected chi connectivity index (χ2v) is 6.76. The Kier molecular flexibility index (Phi) is 8.83. The molecule has 0 heterocycles. The number of methoxy groups -OCH3 is 2. The highest BCUT2D eigenvalue weighted by Gasteiger charge is 2.32. The van der Waals surface area contributed by atoms with E-state index >= 15 is 0 Å². The Morgan fingerprint density at radius 1 is 1.26 bits per heavy atom. The zero-order valence-corrected chi connectivity index (χ0v) is 14.6. The van der Waals surface area contributed by atoms with Crippen LogP contribution in [0.1, 0.15) is 39.0 Å². The van der Waals surface area contributed by atoms with E-state index < -0.39 is 22.3 Å². The summed E-state index contributed by atoms with van der Waals surface area (Å²) in [5, 5.41) is 8.11. The average molecular weight is 343 g/mol. The number of nitrogens with one attached hydrogen (secondary N) is 1. The van der Waals surface area contributed by atoms with E-state index in [1.165, 1.54) is 14.2 Å². The first-order chi connectivity index (χ1) is 11.1. The van der Waals surface area contributed by atoms with E-state index in [0.717, 1.165) is 25.7 Å². The van der Waals surface area contributed by atoms with Gasteiger partial charge in [0.05, 0.1) is 14.2 Å². The Morgan fingerprint density at radius 2 is 1.96 bits per heavy atom. The lowest BCUT2D eigenvalue weighted by molar-refractivity contribution is -0.128. The Bertz CT molecular complexity index is 497. The van der Waals surface area contributed by atoms with Crippen LogP contribution in [0.25, 0.3) is 0 Å². The number of carbonyl (C=O) groups excluding carboxylic acids is 1. The van der Waals surface area contributed by atoms with Gasteiger partial charge in [-0.3, -0.25) is 10.0 Å². The maximum atomic E-state index is 12.7. The molecule has 23 heavy (non-hydrogen) atoms. The van der Waals surface area contributed by atoms with Gasteiger partial charge in [-0.2, -0.15) is 0 Å². The lowest BCUT2D eigenvalue weighted by atomic mass is 10.1. The molecule has 0 fully saturated rings. The molecule has 2 unspecified atom stereocenters. The molecule has 1 rings (SSSR count). The number of hydrogen-bond acceptors (Lipinski definition) is 5. The van der Waals surface area contributed by atoms with Gasteiger partial charge < -0.3 is 14.0 Å². The van der Waals surface area contributed by atoms with Crippen molar-refractivity contribution >= 4 is 17.1 Å². The number of amides is 1. The molecule has 1 aromatic rings. The fraction of sp³-hybridized carbons (Fsp3) is 0.562. The Morgan fingerprint density at radius 3 is 2.52 bits per heavy atom. The third-order valence-electron chi connectivity index (χ3n) is 3.57. The molecule has 2 N–H and O–H groups in total. The quantitative estimate of drug-likeness (QED) is 0.295. The summed E-state index contributed by atoms with van der Waals surface area (Å²) >= 11 is -1.59. The number of benzene rings is 1.